The zero-order valence-corrected chi connectivity index (χ0v) is 9.63. The van der Waals surface area contributed by atoms with E-state index in [1.165, 1.54) is 19.3 Å². The number of nitrogens with two attached hydrogens (primary N) is 1. The molecular weight excluding hydrogens is 172 g/mol. The first-order valence-electron chi connectivity index (χ1n) is 5.72. The van der Waals surface area contributed by atoms with Crippen LogP contribution in [0.25, 0.3) is 0 Å². The lowest BCUT2D eigenvalue weighted by Gasteiger charge is -2.32. The van der Waals surface area contributed by atoms with E-state index in [9.17, 15) is 0 Å². The van der Waals surface area contributed by atoms with Gasteiger partial charge in [0.2, 0.25) is 0 Å². The van der Waals surface area contributed by atoms with Gasteiger partial charge in [-0.2, -0.15) is 0 Å². The molecule has 14 heavy (non-hydrogen) atoms. The molecule has 0 spiro atoms. The Hall–Kier alpha value is -0.340. The van der Waals surface area contributed by atoms with Gasteiger partial charge in [-0.05, 0) is 38.6 Å². The minimum absolute atomic E-state index is 0.0121. The van der Waals surface area contributed by atoms with Crippen molar-refractivity contribution in [2.24, 2.45) is 11.7 Å². The van der Waals surface area contributed by atoms with Gasteiger partial charge in [-0.25, -0.2) is 0 Å². The zero-order chi connectivity index (χ0) is 10.6. The number of rotatable bonds is 7. The van der Waals surface area contributed by atoms with Gasteiger partial charge in [-0.3, -0.25) is 4.90 Å². The molecule has 0 aromatic heterocycles. The van der Waals surface area contributed by atoms with Crippen LogP contribution in [0.3, 0.4) is 0 Å². The molecule has 0 aliphatic heterocycles. The molecule has 1 aliphatic carbocycles. The van der Waals surface area contributed by atoms with Crippen molar-refractivity contribution < 1.29 is 0 Å². The summed E-state index contributed by atoms with van der Waals surface area (Å²) < 4.78 is 0. The van der Waals surface area contributed by atoms with Gasteiger partial charge in [0.1, 0.15) is 0 Å². The maximum Gasteiger partial charge on any atom is 0.0283 e. The average molecular weight is 196 g/mol. The van der Waals surface area contributed by atoms with Crippen molar-refractivity contribution in [2.75, 3.05) is 19.6 Å². The largest absolute Gasteiger partial charge is 0.324 e. The molecule has 82 valence electrons. The van der Waals surface area contributed by atoms with E-state index in [2.05, 4.69) is 25.3 Å². The fourth-order valence-electron chi connectivity index (χ4n) is 2.09. The van der Waals surface area contributed by atoms with Crippen molar-refractivity contribution in [2.45, 2.75) is 38.6 Å². The third-order valence-corrected chi connectivity index (χ3v) is 3.00. The van der Waals surface area contributed by atoms with Crippen LogP contribution in [0.4, 0.5) is 0 Å². The molecule has 1 aliphatic rings. The molecule has 0 aromatic carbocycles. The molecule has 1 saturated carbocycles. The van der Waals surface area contributed by atoms with Crippen molar-refractivity contribution >= 4 is 0 Å². The highest BCUT2D eigenvalue weighted by molar-refractivity contribution is 4.97. The van der Waals surface area contributed by atoms with Crippen molar-refractivity contribution in [1.29, 1.82) is 0 Å². The standard InChI is InChI=1S/C12H24N2/c1-4-8-14(9-5-2)10-12(3,13)11-6-7-11/h4,11H,1,5-10,13H2,2-3H3. The Balaban J connectivity index is 2.39. The quantitative estimate of drug-likeness (QED) is 0.631. The van der Waals surface area contributed by atoms with E-state index in [0.717, 1.165) is 25.6 Å². The summed E-state index contributed by atoms with van der Waals surface area (Å²) in [6.45, 7) is 11.3. The Kier molecular flexibility index (Phi) is 4.14. The normalized spacial score (nSPS) is 20.9. The molecule has 2 N–H and O–H groups in total. The summed E-state index contributed by atoms with van der Waals surface area (Å²) in [5, 5.41) is 0. The Morgan fingerprint density at radius 2 is 2.21 bits per heavy atom. The van der Waals surface area contributed by atoms with Crippen molar-refractivity contribution in [3.63, 3.8) is 0 Å². The van der Waals surface area contributed by atoms with E-state index in [-0.39, 0.29) is 5.54 Å². The minimum atomic E-state index is 0.0121. The van der Waals surface area contributed by atoms with Crippen LogP contribution in [0.15, 0.2) is 12.7 Å². The summed E-state index contributed by atoms with van der Waals surface area (Å²) in [6.07, 6.45) is 5.80. The number of hydrogen-bond acceptors (Lipinski definition) is 2. The molecule has 0 saturated heterocycles. The lowest BCUT2D eigenvalue weighted by atomic mass is 9.96. The Bertz CT molecular complexity index is 183. The Morgan fingerprint density at radius 1 is 1.57 bits per heavy atom. The third-order valence-electron chi connectivity index (χ3n) is 3.00. The van der Waals surface area contributed by atoms with Crippen LogP contribution in [0.1, 0.15) is 33.1 Å². The first-order valence-corrected chi connectivity index (χ1v) is 5.72. The summed E-state index contributed by atoms with van der Waals surface area (Å²) in [4.78, 5) is 2.41. The summed E-state index contributed by atoms with van der Waals surface area (Å²) >= 11 is 0. The molecule has 0 bridgehead atoms. The second-order valence-electron chi connectivity index (χ2n) is 4.80. The maximum absolute atomic E-state index is 6.31. The second-order valence-corrected chi connectivity index (χ2v) is 4.80. The highest BCUT2D eigenvalue weighted by Gasteiger charge is 2.39. The zero-order valence-electron chi connectivity index (χ0n) is 9.63. The summed E-state index contributed by atoms with van der Waals surface area (Å²) in [5.74, 6) is 0.756. The van der Waals surface area contributed by atoms with Crippen LogP contribution in [-0.2, 0) is 0 Å². The van der Waals surface area contributed by atoms with E-state index in [1.807, 2.05) is 6.08 Å². The molecule has 0 amide bonds. The molecule has 1 fully saturated rings. The molecule has 0 heterocycles. The first kappa shape index (κ1) is 11.7. The Morgan fingerprint density at radius 3 is 2.64 bits per heavy atom. The average Bonchev–Trinajstić information content (AvgIpc) is 2.86. The SMILES string of the molecule is C=CCN(CCC)CC(C)(N)C1CC1. The number of hydrogen-bond donors (Lipinski definition) is 1. The van der Waals surface area contributed by atoms with Gasteiger partial charge < -0.3 is 5.73 Å². The van der Waals surface area contributed by atoms with Crippen LogP contribution in [0, 0.1) is 5.92 Å². The number of nitrogens with zero attached hydrogens (tertiary/aromatic N) is 1. The predicted octanol–water partition coefficient (Wildman–Crippen LogP) is 2.01. The topological polar surface area (TPSA) is 29.3 Å². The van der Waals surface area contributed by atoms with Crippen molar-refractivity contribution in [3.8, 4) is 0 Å². The molecular formula is C12H24N2. The van der Waals surface area contributed by atoms with E-state index in [0.29, 0.717) is 0 Å². The van der Waals surface area contributed by atoms with Gasteiger partial charge in [0, 0.05) is 18.6 Å². The van der Waals surface area contributed by atoms with E-state index < -0.39 is 0 Å². The highest BCUT2D eigenvalue weighted by Crippen LogP contribution is 2.38. The summed E-state index contributed by atoms with van der Waals surface area (Å²) in [7, 11) is 0. The summed E-state index contributed by atoms with van der Waals surface area (Å²) in [6, 6.07) is 0. The van der Waals surface area contributed by atoms with Crippen LogP contribution >= 0.6 is 0 Å². The van der Waals surface area contributed by atoms with Gasteiger partial charge in [0.25, 0.3) is 0 Å². The van der Waals surface area contributed by atoms with E-state index in [4.69, 9.17) is 5.73 Å². The van der Waals surface area contributed by atoms with Crippen LogP contribution in [0.2, 0.25) is 0 Å². The van der Waals surface area contributed by atoms with Gasteiger partial charge in [-0.1, -0.05) is 13.0 Å². The summed E-state index contributed by atoms with van der Waals surface area (Å²) in [5.41, 5.74) is 6.32. The lowest BCUT2D eigenvalue weighted by Crippen LogP contribution is -2.49. The van der Waals surface area contributed by atoms with Gasteiger partial charge in [0.05, 0.1) is 0 Å². The fourth-order valence-corrected chi connectivity index (χ4v) is 2.09. The van der Waals surface area contributed by atoms with Crippen LogP contribution in [0.5, 0.6) is 0 Å². The van der Waals surface area contributed by atoms with Gasteiger partial charge >= 0.3 is 0 Å². The Labute approximate surface area is 88.2 Å². The maximum atomic E-state index is 6.31. The highest BCUT2D eigenvalue weighted by atomic mass is 15.1. The van der Waals surface area contributed by atoms with Crippen molar-refractivity contribution in [3.05, 3.63) is 12.7 Å². The smallest absolute Gasteiger partial charge is 0.0283 e. The van der Waals surface area contributed by atoms with Crippen molar-refractivity contribution in [1.82, 2.24) is 4.90 Å². The van der Waals surface area contributed by atoms with Crippen LogP contribution in [-0.4, -0.2) is 30.1 Å². The monoisotopic (exact) mass is 196 g/mol. The molecule has 1 rings (SSSR count). The molecule has 1 unspecified atom stereocenters. The minimum Gasteiger partial charge on any atom is -0.324 e. The molecule has 0 aromatic rings. The lowest BCUT2D eigenvalue weighted by molar-refractivity contribution is 0.219. The van der Waals surface area contributed by atoms with Gasteiger partial charge in [-0.15, -0.1) is 6.58 Å². The molecule has 0 radical (unpaired) electrons. The van der Waals surface area contributed by atoms with E-state index >= 15 is 0 Å². The first-order chi connectivity index (χ1) is 6.60. The predicted molar refractivity (Wildman–Crippen MR) is 62.2 cm³/mol. The molecule has 2 heteroatoms. The third kappa shape index (κ3) is 3.43. The fraction of sp³-hybridized carbons (Fsp3) is 0.833. The molecule has 2 nitrogen and oxygen atoms in total. The molecule has 1 atom stereocenters. The van der Waals surface area contributed by atoms with Crippen LogP contribution < -0.4 is 5.73 Å². The van der Waals surface area contributed by atoms with E-state index in [1.54, 1.807) is 0 Å². The second kappa shape index (κ2) is 4.94. The van der Waals surface area contributed by atoms with Gasteiger partial charge in [0.15, 0.2) is 0 Å².